The van der Waals surface area contributed by atoms with Crippen molar-refractivity contribution in [2.75, 3.05) is 13.2 Å². The van der Waals surface area contributed by atoms with E-state index in [0.29, 0.717) is 13.0 Å². The molecule has 1 saturated carbocycles. The zero-order chi connectivity index (χ0) is 15.0. The highest BCUT2D eigenvalue weighted by Gasteiger charge is 2.70. The zero-order valence-corrected chi connectivity index (χ0v) is 12.1. The lowest BCUT2D eigenvalue weighted by Crippen LogP contribution is -2.82. The average Bonchev–Trinajstić information content (AvgIpc) is 2.42. The highest BCUT2D eigenvalue weighted by molar-refractivity contribution is 5.89. The van der Waals surface area contributed by atoms with Gasteiger partial charge in [-0.25, -0.2) is 0 Å². The molecule has 0 aromatic carbocycles. The maximum atomic E-state index is 12.4. The lowest BCUT2D eigenvalue weighted by Gasteiger charge is -2.65. The van der Waals surface area contributed by atoms with Crippen LogP contribution in [-0.2, 0) is 14.3 Å². The predicted molar refractivity (Wildman–Crippen MR) is 73.0 cm³/mol. The Morgan fingerprint density at radius 1 is 1.45 bits per heavy atom. The van der Waals surface area contributed by atoms with Crippen molar-refractivity contribution in [2.45, 2.75) is 51.2 Å². The number of carbonyl (C=O) groups is 2. The van der Waals surface area contributed by atoms with Crippen molar-refractivity contribution in [1.82, 2.24) is 5.32 Å². The Bertz CT molecular complexity index is 410. The van der Waals surface area contributed by atoms with Crippen molar-refractivity contribution < 1.29 is 19.4 Å². The molecule has 1 aliphatic carbocycles. The van der Waals surface area contributed by atoms with E-state index in [1.807, 2.05) is 13.8 Å². The first kappa shape index (κ1) is 15.3. The van der Waals surface area contributed by atoms with Gasteiger partial charge in [-0.1, -0.05) is 13.8 Å². The van der Waals surface area contributed by atoms with E-state index in [2.05, 4.69) is 5.32 Å². The number of aliphatic carboxylic acids is 1. The van der Waals surface area contributed by atoms with Crippen molar-refractivity contribution in [3.05, 3.63) is 0 Å². The number of rotatable bonds is 5. The molecule has 1 aliphatic heterocycles. The molecule has 1 heterocycles. The Labute approximate surface area is 119 Å². The van der Waals surface area contributed by atoms with Crippen molar-refractivity contribution in [2.24, 2.45) is 17.1 Å². The average molecular weight is 284 g/mol. The first-order chi connectivity index (χ1) is 9.31. The summed E-state index contributed by atoms with van der Waals surface area (Å²) < 4.78 is 5.76. The van der Waals surface area contributed by atoms with Crippen LogP contribution in [0.1, 0.15) is 39.5 Å². The molecule has 6 heteroatoms. The molecule has 6 nitrogen and oxygen atoms in total. The summed E-state index contributed by atoms with van der Waals surface area (Å²) in [4.78, 5) is 22.9. The summed E-state index contributed by atoms with van der Waals surface area (Å²) in [6, 6.07) is 0. The van der Waals surface area contributed by atoms with Crippen LogP contribution in [0.2, 0.25) is 0 Å². The maximum Gasteiger partial charge on any atom is 0.303 e. The third-order valence-electron chi connectivity index (χ3n) is 4.91. The van der Waals surface area contributed by atoms with E-state index in [-0.39, 0.29) is 24.3 Å². The fourth-order valence-corrected chi connectivity index (χ4v) is 3.62. The Balaban J connectivity index is 1.95. The number of carboxylic acid groups (broad SMARTS) is 1. The van der Waals surface area contributed by atoms with Gasteiger partial charge in [-0.05, 0) is 19.3 Å². The molecule has 3 atom stereocenters. The SMILES string of the molecule is CC1(C)C2OCCCC2C1(N)C(=O)NCCCC(=O)O. The number of amides is 1. The summed E-state index contributed by atoms with van der Waals surface area (Å²) in [6.45, 7) is 5.02. The summed E-state index contributed by atoms with van der Waals surface area (Å²) >= 11 is 0. The monoisotopic (exact) mass is 284 g/mol. The van der Waals surface area contributed by atoms with E-state index >= 15 is 0 Å². The Morgan fingerprint density at radius 2 is 2.15 bits per heavy atom. The molecular weight excluding hydrogens is 260 g/mol. The van der Waals surface area contributed by atoms with Gasteiger partial charge in [-0.2, -0.15) is 0 Å². The lowest BCUT2D eigenvalue weighted by molar-refractivity contribution is -0.225. The third kappa shape index (κ3) is 2.20. The second-order valence-electron chi connectivity index (χ2n) is 6.38. The Morgan fingerprint density at radius 3 is 2.80 bits per heavy atom. The second kappa shape index (κ2) is 5.33. The minimum absolute atomic E-state index is 0.0472. The number of fused-ring (bicyclic) bond motifs is 1. The predicted octanol–water partition coefficient (Wildman–Crippen LogP) is 0.500. The molecular formula is C14H24N2O4. The molecule has 0 aromatic heterocycles. The van der Waals surface area contributed by atoms with Crippen LogP contribution in [0.4, 0.5) is 0 Å². The van der Waals surface area contributed by atoms with Gasteiger partial charge in [-0.15, -0.1) is 0 Å². The van der Waals surface area contributed by atoms with E-state index in [9.17, 15) is 9.59 Å². The number of hydrogen-bond donors (Lipinski definition) is 3. The number of ether oxygens (including phenoxy) is 1. The molecule has 2 fully saturated rings. The Kier molecular flexibility index (Phi) is 4.07. The number of hydrogen-bond acceptors (Lipinski definition) is 4. The van der Waals surface area contributed by atoms with Crippen LogP contribution in [0, 0.1) is 11.3 Å². The normalized spacial score (nSPS) is 34.8. The maximum absolute atomic E-state index is 12.4. The van der Waals surface area contributed by atoms with Crippen LogP contribution < -0.4 is 11.1 Å². The van der Waals surface area contributed by atoms with Gasteiger partial charge in [0.2, 0.25) is 5.91 Å². The van der Waals surface area contributed by atoms with Crippen molar-refractivity contribution in [1.29, 1.82) is 0 Å². The summed E-state index contributed by atoms with van der Waals surface area (Å²) in [5, 5.41) is 11.4. The molecule has 0 spiro atoms. The van der Waals surface area contributed by atoms with Crippen LogP contribution >= 0.6 is 0 Å². The number of nitrogens with one attached hydrogen (secondary N) is 1. The number of nitrogens with two attached hydrogens (primary N) is 1. The van der Waals surface area contributed by atoms with Crippen molar-refractivity contribution in [3.8, 4) is 0 Å². The minimum Gasteiger partial charge on any atom is -0.481 e. The quantitative estimate of drug-likeness (QED) is 0.638. The highest BCUT2D eigenvalue weighted by atomic mass is 16.5. The van der Waals surface area contributed by atoms with Crippen LogP contribution in [0.25, 0.3) is 0 Å². The van der Waals surface area contributed by atoms with Crippen LogP contribution in [0.3, 0.4) is 0 Å². The molecule has 20 heavy (non-hydrogen) atoms. The summed E-state index contributed by atoms with van der Waals surface area (Å²) in [5.41, 5.74) is 5.10. The fraction of sp³-hybridized carbons (Fsp3) is 0.857. The van der Waals surface area contributed by atoms with E-state index in [4.69, 9.17) is 15.6 Å². The number of carboxylic acids is 1. The van der Waals surface area contributed by atoms with Gasteiger partial charge in [0.05, 0.1) is 6.10 Å². The van der Waals surface area contributed by atoms with E-state index in [0.717, 1.165) is 19.4 Å². The first-order valence-electron chi connectivity index (χ1n) is 7.22. The molecule has 4 N–H and O–H groups in total. The van der Waals surface area contributed by atoms with Gasteiger partial charge in [-0.3, -0.25) is 9.59 Å². The molecule has 1 amide bonds. The summed E-state index contributed by atoms with van der Waals surface area (Å²) in [7, 11) is 0. The smallest absolute Gasteiger partial charge is 0.303 e. The van der Waals surface area contributed by atoms with Gasteiger partial charge in [0.25, 0.3) is 0 Å². The molecule has 0 aromatic rings. The molecule has 1 saturated heterocycles. The van der Waals surface area contributed by atoms with Gasteiger partial charge in [0.15, 0.2) is 0 Å². The van der Waals surface area contributed by atoms with Gasteiger partial charge in [0, 0.05) is 30.9 Å². The highest BCUT2D eigenvalue weighted by Crippen LogP contribution is 2.57. The van der Waals surface area contributed by atoms with E-state index < -0.39 is 16.9 Å². The largest absolute Gasteiger partial charge is 0.481 e. The molecule has 2 aliphatic rings. The summed E-state index contributed by atoms with van der Waals surface area (Å²) in [6.07, 6.45) is 2.36. The van der Waals surface area contributed by atoms with Gasteiger partial charge < -0.3 is 20.9 Å². The van der Waals surface area contributed by atoms with Crippen LogP contribution in [0.15, 0.2) is 0 Å². The molecule has 0 bridgehead atoms. The number of carbonyl (C=O) groups excluding carboxylic acids is 1. The van der Waals surface area contributed by atoms with Gasteiger partial charge in [0.1, 0.15) is 5.54 Å². The molecule has 0 radical (unpaired) electrons. The van der Waals surface area contributed by atoms with Crippen LogP contribution in [-0.4, -0.2) is 41.8 Å². The zero-order valence-electron chi connectivity index (χ0n) is 12.1. The third-order valence-corrected chi connectivity index (χ3v) is 4.91. The fourth-order valence-electron chi connectivity index (χ4n) is 3.62. The van der Waals surface area contributed by atoms with Gasteiger partial charge >= 0.3 is 5.97 Å². The lowest BCUT2D eigenvalue weighted by atomic mass is 9.46. The standard InChI is InChI=1S/C14H24N2O4/c1-13(2)11-9(5-4-8-20-11)14(13,15)12(19)16-7-3-6-10(17)18/h9,11H,3-8,15H2,1-2H3,(H,16,19)(H,17,18). The summed E-state index contributed by atoms with van der Waals surface area (Å²) in [5.74, 6) is -0.975. The minimum atomic E-state index is -0.915. The second-order valence-corrected chi connectivity index (χ2v) is 6.38. The van der Waals surface area contributed by atoms with E-state index in [1.54, 1.807) is 0 Å². The van der Waals surface area contributed by atoms with Crippen LogP contribution in [0.5, 0.6) is 0 Å². The Hall–Kier alpha value is -1.14. The van der Waals surface area contributed by atoms with Crippen molar-refractivity contribution >= 4 is 11.9 Å². The molecule has 3 unspecified atom stereocenters. The van der Waals surface area contributed by atoms with Crippen molar-refractivity contribution in [3.63, 3.8) is 0 Å². The topological polar surface area (TPSA) is 102 Å². The molecule has 2 rings (SSSR count). The van der Waals surface area contributed by atoms with E-state index in [1.165, 1.54) is 0 Å². The molecule has 114 valence electrons. The first-order valence-corrected chi connectivity index (χ1v) is 7.22.